The molecule has 0 spiro atoms. The summed E-state index contributed by atoms with van der Waals surface area (Å²) in [5.74, 6) is 0.171. The number of nitrogens with zero attached hydrogens (tertiary/aromatic N) is 1. The molecule has 0 radical (unpaired) electrons. The summed E-state index contributed by atoms with van der Waals surface area (Å²) in [5, 5.41) is -0.168. The molecule has 0 unspecified atom stereocenters. The van der Waals surface area contributed by atoms with E-state index in [9.17, 15) is 16.8 Å². The second-order valence-electron chi connectivity index (χ2n) is 6.68. The van der Waals surface area contributed by atoms with Gasteiger partial charge >= 0.3 is 0 Å². The summed E-state index contributed by atoms with van der Waals surface area (Å²) < 4.78 is 52.9. The number of sulfonamides is 2. The summed E-state index contributed by atoms with van der Waals surface area (Å²) in [6.45, 7) is 1.39. The first-order valence-corrected chi connectivity index (χ1v) is 11.5. The maximum absolute atomic E-state index is 12.2. The van der Waals surface area contributed by atoms with Crippen LogP contribution < -0.4 is 4.72 Å². The fourth-order valence-corrected chi connectivity index (χ4v) is 6.13. The molecule has 0 aromatic heterocycles. The highest BCUT2D eigenvalue weighted by Crippen LogP contribution is 2.33. The first kappa shape index (κ1) is 17.8. The van der Waals surface area contributed by atoms with Gasteiger partial charge in [0.15, 0.2) is 0 Å². The van der Waals surface area contributed by atoms with Crippen molar-refractivity contribution in [2.45, 2.75) is 36.7 Å². The third-order valence-electron chi connectivity index (χ3n) is 4.67. The fraction of sp³-hybridized carbons (Fsp3) is 0.625. The molecule has 0 bridgehead atoms. The van der Waals surface area contributed by atoms with E-state index in [0.717, 1.165) is 18.4 Å². The molecular weight excluding hydrogens is 348 g/mol. The van der Waals surface area contributed by atoms with E-state index in [1.165, 1.54) is 0 Å². The lowest BCUT2D eigenvalue weighted by Gasteiger charge is -2.31. The van der Waals surface area contributed by atoms with Gasteiger partial charge in [0, 0.05) is 19.6 Å². The Balaban J connectivity index is 1.46. The van der Waals surface area contributed by atoms with E-state index in [-0.39, 0.29) is 16.9 Å². The average Bonchev–Trinajstić information content (AvgIpc) is 3.39. The SMILES string of the molecule is O=S(=O)(Cc1ccccc1)NCC1CCN(S(=O)(=O)C2CC2)CC1. The van der Waals surface area contributed by atoms with Gasteiger partial charge in [0.1, 0.15) is 0 Å². The fourth-order valence-electron chi connectivity index (χ4n) is 3.03. The lowest BCUT2D eigenvalue weighted by molar-refractivity contribution is 0.274. The van der Waals surface area contributed by atoms with Gasteiger partial charge in [-0.1, -0.05) is 30.3 Å². The van der Waals surface area contributed by atoms with Crippen LogP contribution in [0.25, 0.3) is 0 Å². The highest BCUT2D eigenvalue weighted by Gasteiger charge is 2.41. The Morgan fingerprint density at radius 1 is 0.958 bits per heavy atom. The summed E-state index contributed by atoms with van der Waals surface area (Å²) >= 11 is 0. The number of rotatable bonds is 7. The monoisotopic (exact) mass is 372 g/mol. The van der Waals surface area contributed by atoms with Crippen LogP contribution in [-0.4, -0.2) is 46.0 Å². The summed E-state index contributed by atoms with van der Waals surface area (Å²) in [5.41, 5.74) is 0.760. The predicted molar refractivity (Wildman–Crippen MR) is 93.3 cm³/mol. The number of benzene rings is 1. The summed E-state index contributed by atoms with van der Waals surface area (Å²) in [6.07, 6.45) is 2.97. The first-order valence-electron chi connectivity index (χ1n) is 8.37. The van der Waals surface area contributed by atoms with Crippen LogP contribution in [0.5, 0.6) is 0 Å². The lowest BCUT2D eigenvalue weighted by atomic mass is 9.99. The molecule has 1 heterocycles. The number of hydrogen-bond acceptors (Lipinski definition) is 4. The average molecular weight is 373 g/mol. The van der Waals surface area contributed by atoms with Crippen molar-refractivity contribution in [3.63, 3.8) is 0 Å². The summed E-state index contributed by atoms with van der Waals surface area (Å²) in [4.78, 5) is 0. The molecule has 2 aliphatic rings. The molecule has 1 aromatic carbocycles. The highest BCUT2D eigenvalue weighted by molar-refractivity contribution is 7.90. The lowest BCUT2D eigenvalue weighted by Crippen LogP contribution is -2.42. The van der Waals surface area contributed by atoms with Crippen molar-refractivity contribution in [2.75, 3.05) is 19.6 Å². The van der Waals surface area contributed by atoms with E-state index in [4.69, 9.17) is 0 Å². The molecule has 1 aliphatic heterocycles. The number of hydrogen-bond donors (Lipinski definition) is 1. The van der Waals surface area contributed by atoms with Crippen LogP contribution in [0.15, 0.2) is 30.3 Å². The van der Waals surface area contributed by atoms with Crippen LogP contribution in [0.1, 0.15) is 31.2 Å². The van der Waals surface area contributed by atoms with E-state index in [1.54, 1.807) is 16.4 Å². The molecule has 6 nitrogen and oxygen atoms in total. The molecular formula is C16H24N2O4S2. The maximum atomic E-state index is 12.2. The van der Waals surface area contributed by atoms with Gasteiger partial charge in [-0.15, -0.1) is 0 Å². The van der Waals surface area contributed by atoms with Gasteiger partial charge in [0.05, 0.1) is 11.0 Å². The zero-order valence-corrected chi connectivity index (χ0v) is 15.2. The van der Waals surface area contributed by atoms with Crippen molar-refractivity contribution < 1.29 is 16.8 Å². The van der Waals surface area contributed by atoms with Gasteiger partial charge in [-0.05, 0) is 37.2 Å². The van der Waals surface area contributed by atoms with Crippen LogP contribution in [0.3, 0.4) is 0 Å². The van der Waals surface area contributed by atoms with E-state index < -0.39 is 20.0 Å². The van der Waals surface area contributed by atoms with Crippen molar-refractivity contribution in [1.82, 2.24) is 9.03 Å². The van der Waals surface area contributed by atoms with Gasteiger partial charge in [0.2, 0.25) is 20.0 Å². The molecule has 3 rings (SSSR count). The molecule has 0 atom stereocenters. The second kappa shape index (κ2) is 7.11. The molecule has 1 aromatic rings. The van der Waals surface area contributed by atoms with Crippen LogP contribution in [0, 0.1) is 5.92 Å². The minimum Gasteiger partial charge on any atom is -0.215 e. The normalized spacial score (nSPS) is 21.0. The summed E-state index contributed by atoms with van der Waals surface area (Å²) in [6, 6.07) is 9.08. The first-order chi connectivity index (χ1) is 11.4. The van der Waals surface area contributed by atoms with Crippen molar-refractivity contribution in [3.05, 3.63) is 35.9 Å². The Hall–Kier alpha value is -0.960. The van der Waals surface area contributed by atoms with Crippen LogP contribution in [0.2, 0.25) is 0 Å². The van der Waals surface area contributed by atoms with Gasteiger partial charge in [0.25, 0.3) is 0 Å². The molecule has 134 valence electrons. The molecule has 1 saturated heterocycles. The largest absolute Gasteiger partial charge is 0.216 e. The zero-order chi connectivity index (χ0) is 17.2. The molecule has 8 heteroatoms. The van der Waals surface area contributed by atoms with E-state index in [2.05, 4.69) is 4.72 Å². The van der Waals surface area contributed by atoms with E-state index in [0.29, 0.717) is 32.5 Å². The van der Waals surface area contributed by atoms with Crippen LogP contribution >= 0.6 is 0 Å². The predicted octanol–water partition coefficient (Wildman–Crippen LogP) is 1.31. The maximum Gasteiger partial charge on any atom is 0.216 e. The van der Waals surface area contributed by atoms with Gasteiger partial charge in [-0.3, -0.25) is 0 Å². The minimum atomic E-state index is -3.36. The second-order valence-corrected chi connectivity index (χ2v) is 10.7. The van der Waals surface area contributed by atoms with Crippen molar-refractivity contribution in [1.29, 1.82) is 0 Å². The third-order valence-corrected chi connectivity index (χ3v) is 8.39. The summed E-state index contributed by atoms with van der Waals surface area (Å²) in [7, 11) is -6.46. The quantitative estimate of drug-likeness (QED) is 0.782. The molecule has 0 amide bonds. The highest BCUT2D eigenvalue weighted by atomic mass is 32.2. The Bertz CT molecular complexity index is 751. The van der Waals surface area contributed by atoms with Crippen LogP contribution in [-0.2, 0) is 25.8 Å². The molecule has 1 saturated carbocycles. The zero-order valence-electron chi connectivity index (χ0n) is 13.6. The number of piperidine rings is 1. The molecule has 1 aliphatic carbocycles. The van der Waals surface area contributed by atoms with Crippen LogP contribution in [0.4, 0.5) is 0 Å². The topological polar surface area (TPSA) is 83.6 Å². The van der Waals surface area contributed by atoms with E-state index in [1.807, 2.05) is 18.2 Å². The van der Waals surface area contributed by atoms with Crippen molar-refractivity contribution in [2.24, 2.45) is 5.92 Å². The Kier molecular flexibility index (Phi) is 5.29. The third kappa shape index (κ3) is 4.56. The molecule has 1 N–H and O–H groups in total. The van der Waals surface area contributed by atoms with Crippen molar-refractivity contribution in [3.8, 4) is 0 Å². The molecule has 24 heavy (non-hydrogen) atoms. The minimum absolute atomic E-state index is 0.0251. The Morgan fingerprint density at radius 2 is 1.58 bits per heavy atom. The Labute approximate surface area is 144 Å². The Morgan fingerprint density at radius 3 is 2.17 bits per heavy atom. The smallest absolute Gasteiger partial charge is 0.215 e. The van der Waals surface area contributed by atoms with Gasteiger partial charge in [-0.2, -0.15) is 0 Å². The van der Waals surface area contributed by atoms with Crippen molar-refractivity contribution >= 4 is 20.0 Å². The standard InChI is InChI=1S/C16H24N2O4S2/c19-23(20,13-15-4-2-1-3-5-15)17-12-14-8-10-18(11-9-14)24(21,22)16-6-7-16/h1-5,14,16-17H,6-13H2. The van der Waals surface area contributed by atoms with Gasteiger partial charge < -0.3 is 0 Å². The number of nitrogens with one attached hydrogen (secondary N) is 1. The van der Waals surface area contributed by atoms with E-state index >= 15 is 0 Å². The molecule has 2 fully saturated rings. The van der Waals surface area contributed by atoms with Gasteiger partial charge in [-0.25, -0.2) is 25.9 Å².